The summed E-state index contributed by atoms with van der Waals surface area (Å²) in [6.45, 7) is 0. The van der Waals surface area contributed by atoms with Gasteiger partial charge in [-0.1, -0.05) is 35.9 Å². The number of aromatic hydroxyl groups is 1. The molecule has 0 aliphatic heterocycles. The Labute approximate surface area is 97.3 Å². The molecule has 80 valence electrons. The van der Waals surface area contributed by atoms with E-state index in [0.29, 0.717) is 21.8 Å². The van der Waals surface area contributed by atoms with Gasteiger partial charge in [-0.25, -0.2) is 0 Å². The Kier molecular flexibility index (Phi) is 2.88. The van der Waals surface area contributed by atoms with Crippen LogP contribution in [0, 0.1) is 0 Å². The average molecular weight is 234 g/mol. The van der Waals surface area contributed by atoms with Crippen molar-refractivity contribution in [3.8, 4) is 17.0 Å². The summed E-state index contributed by atoms with van der Waals surface area (Å²) < 4.78 is 0. The third-order valence-corrected chi connectivity index (χ3v) is 2.38. The second kappa shape index (κ2) is 4.33. The van der Waals surface area contributed by atoms with Crippen molar-refractivity contribution in [1.82, 2.24) is 4.98 Å². The predicted octanol–water partition coefficient (Wildman–Crippen LogP) is 2.92. The normalized spacial score (nSPS) is 10.1. The molecule has 1 heterocycles. The Morgan fingerprint density at radius 2 is 2.06 bits per heavy atom. The molecule has 0 spiro atoms. The predicted molar refractivity (Wildman–Crippen MR) is 61.7 cm³/mol. The van der Waals surface area contributed by atoms with E-state index in [1.54, 1.807) is 24.3 Å². The largest absolute Gasteiger partial charge is 0.506 e. The van der Waals surface area contributed by atoms with Crippen molar-refractivity contribution >= 4 is 17.9 Å². The minimum Gasteiger partial charge on any atom is -0.506 e. The number of hydrogen-bond acceptors (Lipinski definition) is 3. The van der Waals surface area contributed by atoms with Crippen molar-refractivity contribution in [1.29, 1.82) is 0 Å². The first-order valence-electron chi connectivity index (χ1n) is 4.61. The van der Waals surface area contributed by atoms with Crippen LogP contribution < -0.4 is 0 Å². The Morgan fingerprint density at radius 1 is 1.31 bits per heavy atom. The first kappa shape index (κ1) is 10.6. The van der Waals surface area contributed by atoms with E-state index in [1.165, 1.54) is 12.3 Å². The first-order valence-corrected chi connectivity index (χ1v) is 4.99. The topological polar surface area (TPSA) is 50.2 Å². The maximum Gasteiger partial charge on any atom is 0.150 e. The highest BCUT2D eigenvalue weighted by atomic mass is 35.5. The fourth-order valence-corrected chi connectivity index (χ4v) is 1.60. The summed E-state index contributed by atoms with van der Waals surface area (Å²) >= 11 is 5.69. The molecule has 0 aliphatic rings. The van der Waals surface area contributed by atoms with Crippen LogP contribution in [0.3, 0.4) is 0 Å². The smallest absolute Gasteiger partial charge is 0.150 e. The molecule has 0 aliphatic carbocycles. The van der Waals surface area contributed by atoms with E-state index in [-0.39, 0.29) is 5.75 Å². The third kappa shape index (κ3) is 1.90. The van der Waals surface area contributed by atoms with Gasteiger partial charge in [0, 0.05) is 23.4 Å². The highest BCUT2D eigenvalue weighted by Gasteiger charge is 2.10. The summed E-state index contributed by atoms with van der Waals surface area (Å²) in [5.41, 5.74) is 1.42. The molecular formula is C12H8ClNO2. The number of halogens is 1. The molecule has 0 bridgehead atoms. The number of carbonyl (C=O) groups is 1. The van der Waals surface area contributed by atoms with Gasteiger partial charge in [-0.2, -0.15) is 0 Å². The lowest BCUT2D eigenvalue weighted by Crippen LogP contribution is -1.90. The molecule has 1 N–H and O–H groups in total. The molecule has 0 radical (unpaired) electrons. The van der Waals surface area contributed by atoms with Crippen LogP contribution in [0.2, 0.25) is 5.02 Å². The van der Waals surface area contributed by atoms with E-state index in [4.69, 9.17) is 11.6 Å². The molecule has 0 fully saturated rings. The maximum absolute atomic E-state index is 10.8. The number of aldehydes is 1. The van der Waals surface area contributed by atoms with Crippen LogP contribution in [-0.4, -0.2) is 16.4 Å². The van der Waals surface area contributed by atoms with Gasteiger partial charge in [-0.05, 0) is 0 Å². The van der Waals surface area contributed by atoms with Gasteiger partial charge in [-0.3, -0.25) is 9.78 Å². The third-order valence-electron chi connectivity index (χ3n) is 2.18. The molecule has 3 nitrogen and oxygen atoms in total. The molecular weight excluding hydrogens is 226 g/mol. The van der Waals surface area contributed by atoms with E-state index in [1.807, 2.05) is 0 Å². The molecule has 4 heteroatoms. The summed E-state index contributed by atoms with van der Waals surface area (Å²) in [7, 11) is 0. The summed E-state index contributed by atoms with van der Waals surface area (Å²) in [6, 6.07) is 8.31. The minimum absolute atomic E-state index is 0.0400. The van der Waals surface area contributed by atoms with Gasteiger partial charge in [0.05, 0.1) is 5.02 Å². The van der Waals surface area contributed by atoms with Gasteiger partial charge in [0.2, 0.25) is 0 Å². The van der Waals surface area contributed by atoms with Crippen LogP contribution in [0.1, 0.15) is 10.4 Å². The van der Waals surface area contributed by atoms with E-state index >= 15 is 0 Å². The SMILES string of the molecule is O=Cc1ccccc1-c1ncc(Cl)cc1O. The summed E-state index contributed by atoms with van der Waals surface area (Å²) in [5.74, 6) is -0.0400. The van der Waals surface area contributed by atoms with Crippen molar-refractivity contribution in [3.63, 3.8) is 0 Å². The zero-order valence-corrected chi connectivity index (χ0v) is 8.98. The Balaban J connectivity index is 2.62. The quantitative estimate of drug-likeness (QED) is 0.812. The highest BCUT2D eigenvalue weighted by molar-refractivity contribution is 6.30. The van der Waals surface area contributed by atoms with Crippen LogP contribution in [0.5, 0.6) is 5.75 Å². The molecule has 2 aromatic rings. The molecule has 0 saturated heterocycles. The number of pyridine rings is 1. The Morgan fingerprint density at radius 3 is 2.75 bits per heavy atom. The lowest BCUT2D eigenvalue weighted by molar-refractivity contribution is 0.112. The Bertz CT molecular complexity index is 540. The van der Waals surface area contributed by atoms with Crippen molar-refractivity contribution in [2.75, 3.05) is 0 Å². The summed E-state index contributed by atoms with van der Waals surface area (Å²) in [5, 5.41) is 10.1. The maximum atomic E-state index is 10.8. The van der Waals surface area contributed by atoms with Crippen molar-refractivity contribution in [3.05, 3.63) is 47.1 Å². The highest BCUT2D eigenvalue weighted by Crippen LogP contribution is 2.30. The number of benzene rings is 1. The molecule has 0 atom stereocenters. The number of aromatic nitrogens is 1. The van der Waals surface area contributed by atoms with Gasteiger partial charge in [0.15, 0.2) is 6.29 Å². The van der Waals surface area contributed by atoms with Crippen molar-refractivity contribution in [2.45, 2.75) is 0 Å². The molecule has 0 unspecified atom stereocenters. The van der Waals surface area contributed by atoms with Gasteiger partial charge in [-0.15, -0.1) is 0 Å². The number of rotatable bonds is 2. The van der Waals surface area contributed by atoms with Crippen LogP contribution >= 0.6 is 11.6 Å². The van der Waals surface area contributed by atoms with E-state index in [0.717, 1.165) is 6.29 Å². The monoisotopic (exact) mass is 233 g/mol. The van der Waals surface area contributed by atoms with E-state index in [2.05, 4.69) is 4.98 Å². The minimum atomic E-state index is -0.0400. The first-order chi connectivity index (χ1) is 7.72. The second-order valence-electron chi connectivity index (χ2n) is 3.23. The molecule has 16 heavy (non-hydrogen) atoms. The van der Waals surface area contributed by atoms with Crippen LogP contribution in [0.15, 0.2) is 36.5 Å². The summed E-state index contributed by atoms with van der Waals surface area (Å²) in [4.78, 5) is 14.9. The number of nitrogens with zero attached hydrogens (tertiary/aromatic N) is 1. The number of hydrogen-bond donors (Lipinski definition) is 1. The van der Waals surface area contributed by atoms with Crippen molar-refractivity contribution in [2.24, 2.45) is 0 Å². The zero-order chi connectivity index (χ0) is 11.5. The van der Waals surface area contributed by atoms with E-state index in [9.17, 15) is 9.90 Å². The van der Waals surface area contributed by atoms with Crippen molar-refractivity contribution < 1.29 is 9.90 Å². The molecule has 0 amide bonds. The van der Waals surface area contributed by atoms with Crippen LogP contribution in [0.4, 0.5) is 0 Å². The average Bonchev–Trinajstić information content (AvgIpc) is 2.29. The van der Waals surface area contributed by atoms with Crippen LogP contribution in [0.25, 0.3) is 11.3 Å². The Hall–Kier alpha value is -1.87. The van der Waals surface area contributed by atoms with Crippen LogP contribution in [-0.2, 0) is 0 Å². The standard InChI is InChI=1S/C12H8ClNO2/c13-9-5-11(16)12(14-6-9)10-4-2-1-3-8(10)7-15/h1-7,16H. The molecule has 1 aromatic heterocycles. The summed E-state index contributed by atoms with van der Waals surface area (Å²) in [6.07, 6.45) is 2.16. The van der Waals surface area contributed by atoms with Gasteiger partial charge in [0.25, 0.3) is 0 Å². The van der Waals surface area contributed by atoms with Gasteiger partial charge in [0.1, 0.15) is 11.4 Å². The molecule has 1 aromatic carbocycles. The second-order valence-corrected chi connectivity index (χ2v) is 3.66. The lowest BCUT2D eigenvalue weighted by atomic mass is 10.0. The molecule has 0 saturated carbocycles. The zero-order valence-electron chi connectivity index (χ0n) is 8.22. The van der Waals surface area contributed by atoms with Gasteiger partial charge < -0.3 is 5.11 Å². The fourth-order valence-electron chi connectivity index (χ4n) is 1.45. The van der Waals surface area contributed by atoms with Gasteiger partial charge >= 0.3 is 0 Å². The lowest BCUT2D eigenvalue weighted by Gasteiger charge is -2.06. The number of carbonyl (C=O) groups excluding carboxylic acids is 1. The van der Waals surface area contributed by atoms with E-state index < -0.39 is 0 Å². The fraction of sp³-hybridized carbons (Fsp3) is 0. The molecule has 2 rings (SSSR count).